The van der Waals surface area contributed by atoms with Gasteiger partial charge in [-0.2, -0.15) is 30.3 Å². The maximum atomic E-state index is 2.63. The average Bonchev–Trinajstić information content (AvgIpc) is 3.34. The smallest absolute Gasteiger partial charge is 0.303 e. The predicted molar refractivity (Wildman–Crippen MR) is 97.8 cm³/mol. The molecule has 0 radical (unpaired) electrons. The van der Waals surface area contributed by atoms with Gasteiger partial charge < -0.3 is 4.90 Å². The van der Waals surface area contributed by atoms with Crippen LogP contribution in [0.1, 0.15) is 36.4 Å². The van der Waals surface area contributed by atoms with Crippen LogP contribution in [0.2, 0.25) is 0 Å². The molecule has 1 atom stereocenters. The Labute approximate surface area is 156 Å². The van der Waals surface area contributed by atoms with E-state index in [9.17, 15) is 0 Å². The van der Waals surface area contributed by atoms with Crippen LogP contribution >= 0.6 is 0 Å². The van der Waals surface area contributed by atoms with Crippen LogP contribution < -0.4 is 0 Å². The third-order valence-corrected chi connectivity index (χ3v) is 4.43. The van der Waals surface area contributed by atoms with Crippen molar-refractivity contribution in [1.82, 2.24) is 4.90 Å². The number of hydrogen-bond acceptors (Lipinski definition) is 1. The van der Waals surface area contributed by atoms with Crippen LogP contribution in [0.15, 0.2) is 84.9 Å². The Morgan fingerprint density at radius 1 is 0.792 bits per heavy atom. The summed E-state index contributed by atoms with van der Waals surface area (Å²) < 4.78 is 0. The molecule has 3 aromatic carbocycles. The van der Waals surface area contributed by atoms with E-state index in [1.807, 2.05) is 30.3 Å². The summed E-state index contributed by atoms with van der Waals surface area (Å²) in [6.45, 7) is 2.45. The SMILES string of the molecule is [Fe+2].c1cc[cH-]c1.c1ccc(C([c-]2cccc2)N2CCCCC2)cc1. The third kappa shape index (κ3) is 5.21. The Bertz CT molecular complexity index is 605. The minimum atomic E-state index is 0. The van der Waals surface area contributed by atoms with E-state index >= 15 is 0 Å². The molecule has 24 heavy (non-hydrogen) atoms. The molecule has 0 saturated carbocycles. The van der Waals surface area contributed by atoms with Crippen LogP contribution in [0.4, 0.5) is 0 Å². The summed E-state index contributed by atoms with van der Waals surface area (Å²) in [4.78, 5) is 2.63. The van der Waals surface area contributed by atoms with Crippen molar-refractivity contribution >= 4 is 0 Å². The van der Waals surface area contributed by atoms with Gasteiger partial charge in [-0.05, 0) is 31.5 Å². The summed E-state index contributed by atoms with van der Waals surface area (Å²) in [6.07, 6.45) is 4.06. The zero-order chi connectivity index (χ0) is 15.7. The fourth-order valence-electron chi connectivity index (χ4n) is 3.32. The van der Waals surface area contributed by atoms with Crippen molar-refractivity contribution in [2.45, 2.75) is 25.3 Å². The second kappa shape index (κ2) is 10.3. The number of rotatable bonds is 3. The molecule has 126 valence electrons. The van der Waals surface area contributed by atoms with Crippen LogP contribution in [-0.4, -0.2) is 18.0 Å². The van der Waals surface area contributed by atoms with Crippen molar-refractivity contribution in [3.8, 4) is 0 Å². The van der Waals surface area contributed by atoms with Gasteiger partial charge in [0.25, 0.3) is 0 Å². The maximum Gasteiger partial charge on any atom is 2.00 e. The molecule has 0 N–H and O–H groups in total. The van der Waals surface area contributed by atoms with E-state index in [1.54, 1.807) is 0 Å². The van der Waals surface area contributed by atoms with Crippen LogP contribution in [-0.2, 0) is 17.1 Å². The van der Waals surface area contributed by atoms with Gasteiger partial charge in [0, 0.05) is 6.04 Å². The summed E-state index contributed by atoms with van der Waals surface area (Å²) in [5, 5.41) is 0. The zero-order valence-electron chi connectivity index (χ0n) is 14.0. The molecule has 1 saturated heterocycles. The Morgan fingerprint density at radius 3 is 1.96 bits per heavy atom. The topological polar surface area (TPSA) is 3.24 Å². The summed E-state index contributed by atoms with van der Waals surface area (Å²) in [7, 11) is 0. The molecule has 4 rings (SSSR count). The summed E-state index contributed by atoms with van der Waals surface area (Å²) in [6, 6.07) is 30.2. The quantitative estimate of drug-likeness (QED) is 0.448. The summed E-state index contributed by atoms with van der Waals surface area (Å²) in [5.74, 6) is 0. The van der Waals surface area contributed by atoms with E-state index in [0.29, 0.717) is 6.04 Å². The number of likely N-dealkylation sites (tertiary alicyclic amines) is 1. The monoisotopic (exact) mass is 359 g/mol. The van der Waals surface area contributed by atoms with Crippen LogP contribution in [0.5, 0.6) is 0 Å². The van der Waals surface area contributed by atoms with Gasteiger partial charge in [0.15, 0.2) is 0 Å². The molecule has 0 aliphatic carbocycles. The van der Waals surface area contributed by atoms with Crippen molar-refractivity contribution in [2.24, 2.45) is 0 Å². The fourth-order valence-corrected chi connectivity index (χ4v) is 3.32. The number of nitrogens with zero attached hydrogens (tertiary/aromatic N) is 1. The number of hydrogen-bond donors (Lipinski definition) is 0. The Balaban J connectivity index is 0.000000300. The molecule has 0 amide bonds. The van der Waals surface area contributed by atoms with Crippen molar-refractivity contribution in [1.29, 1.82) is 0 Å². The second-order valence-corrected chi connectivity index (χ2v) is 6.09. The molecule has 1 aliphatic heterocycles. The first kappa shape index (κ1) is 18.7. The van der Waals surface area contributed by atoms with Crippen LogP contribution in [0.25, 0.3) is 0 Å². The van der Waals surface area contributed by atoms with Crippen molar-refractivity contribution in [3.05, 3.63) is 96.1 Å². The van der Waals surface area contributed by atoms with E-state index in [1.165, 1.54) is 43.5 Å². The van der Waals surface area contributed by atoms with Crippen molar-refractivity contribution in [2.75, 3.05) is 13.1 Å². The van der Waals surface area contributed by atoms with Gasteiger partial charge in [-0.1, -0.05) is 36.8 Å². The number of piperidine rings is 1. The summed E-state index contributed by atoms with van der Waals surface area (Å²) in [5.41, 5.74) is 2.86. The zero-order valence-corrected chi connectivity index (χ0v) is 15.1. The third-order valence-electron chi connectivity index (χ3n) is 4.43. The van der Waals surface area contributed by atoms with Gasteiger partial charge in [0.05, 0.1) is 0 Å². The second-order valence-electron chi connectivity index (χ2n) is 6.09. The van der Waals surface area contributed by atoms with E-state index in [-0.39, 0.29) is 17.1 Å². The molecule has 1 nitrogen and oxygen atoms in total. The normalized spacial score (nSPS) is 15.7. The first-order chi connectivity index (χ1) is 11.4. The van der Waals surface area contributed by atoms with Crippen LogP contribution in [0.3, 0.4) is 0 Å². The number of benzene rings is 1. The fraction of sp³-hybridized carbons (Fsp3) is 0.273. The standard InChI is InChI=1S/C17H20N.C5H5.Fe/c1-3-9-15(10-4-1)17(16-11-5-6-12-16)18-13-7-2-8-14-18;1-2-4-5-3-1;/h1,3-6,9-12,17H,2,7-8,13-14H2;1-5H;/q2*-1;+2. The molecule has 1 aliphatic rings. The Morgan fingerprint density at radius 2 is 1.42 bits per heavy atom. The predicted octanol–water partition coefficient (Wildman–Crippen LogP) is 5.38. The van der Waals surface area contributed by atoms with E-state index < -0.39 is 0 Å². The van der Waals surface area contributed by atoms with Gasteiger partial charge >= 0.3 is 17.1 Å². The Hall–Kier alpha value is -1.60. The molecule has 3 aromatic rings. The van der Waals surface area contributed by atoms with Gasteiger partial charge in [-0.15, -0.1) is 5.56 Å². The molecule has 1 heterocycles. The molecule has 0 aromatic heterocycles. The molecule has 0 bridgehead atoms. The van der Waals surface area contributed by atoms with Gasteiger partial charge in [0.1, 0.15) is 0 Å². The van der Waals surface area contributed by atoms with Gasteiger partial charge in [-0.25, -0.2) is 24.3 Å². The average molecular weight is 359 g/mol. The van der Waals surface area contributed by atoms with E-state index in [2.05, 4.69) is 59.5 Å². The maximum absolute atomic E-state index is 2.63. The molecular weight excluding hydrogens is 334 g/mol. The first-order valence-electron chi connectivity index (χ1n) is 8.62. The van der Waals surface area contributed by atoms with Crippen LogP contribution in [0, 0.1) is 0 Å². The minimum absolute atomic E-state index is 0. The van der Waals surface area contributed by atoms with Gasteiger partial charge in [-0.3, -0.25) is 0 Å². The molecule has 1 unspecified atom stereocenters. The van der Waals surface area contributed by atoms with Gasteiger partial charge in [0.2, 0.25) is 0 Å². The largest absolute Gasteiger partial charge is 2.00 e. The van der Waals surface area contributed by atoms with Crippen molar-refractivity contribution in [3.63, 3.8) is 0 Å². The summed E-state index contributed by atoms with van der Waals surface area (Å²) >= 11 is 0. The minimum Gasteiger partial charge on any atom is -0.303 e. The molecular formula is C22H25FeN. The van der Waals surface area contributed by atoms with E-state index in [0.717, 1.165) is 0 Å². The first-order valence-corrected chi connectivity index (χ1v) is 8.62. The molecule has 1 fully saturated rings. The molecule has 2 heteroatoms. The van der Waals surface area contributed by atoms with E-state index in [4.69, 9.17) is 0 Å². The van der Waals surface area contributed by atoms with Crippen molar-refractivity contribution < 1.29 is 17.1 Å². The Kier molecular flexibility index (Phi) is 8.04. The molecule has 0 spiro atoms.